The second-order valence-corrected chi connectivity index (χ2v) is 10.1. The maximum atomic E-state index is 13.5. The second kappa shape index (κ2) is 13.4. The number of likely N-dealkylation sites (N-methyl/N-ethyl adjacent to an activating group) is 1. The standard InChI is InChI=1S/C28H31BrN2O2S/c1-3-30-28(33)26(17-22-10-5-4-6-11-22)31(18-23-13-15-25(29)16-14-23)27(32)20-34-19-24-12-8-7-9-21(24)2/h4-16,26H,3,17-20H2,1-2H3,(H,30,33)/t26-/m0/s1. The van der Waals surface area contributed by atoms with E-state index in [2.05, 4.69) is 40.3 Å². The first kappa shape index (κ1) is 26.0. The molecule has 0 aliphatic heterocycles. The highest BCUT2D eigenvalue weighted by Gasteiger charge is 2.30. The smallest absolute Gasteiger partial charge is 0.243 e. The van der Waals surface area contributed by atoms with E-state index in [-0.39, 0.29) is 11.8 Å². The van der Waals surface area contributed by atoms with Crippen molar-refractivity contribution in [3.05, 3.63) is 106 Å². The van der Waals surface area contributed by atoms with Crippen LogP contribution in [0.1, 0.15) is 29.2 Å². The molecule has 0 aromatic heterocycles. The number of hydrogen-bond donors (Lipinski definition) is 1. The molecule has 2 amide bonds. The zero-order chi connectivity index (χ0) is 24.3. The molecular weight excluding hydrogens is 508 g/mol. The summed E-state index contributed by atoms with van der Waals surface area (Å²) >= 11 is 5.06. The first-order valence-electron chi connectivity index (χ1n) is 11.5. The third-order valence-electron chi connectivity index (χ3n) is 5.63. The van der Waals surface area contributed by atoms with Crippen LogP contribution in [0.2, 0.25) is 0 Å². The van der Waals surface area contributed by atoms with Crippen molar-refractivity contribution in [3.63, 3.8) is 0 Å². The molecule has 0 aliphatic rings. The molecule has 34 heavy (non-hydrogen) atoms. The van der Waals surface area contributed by atoms with Crippen LogP contribution >= 0.6 is 27.7 Å². The van der Waals surface area contributed by atoms with E-state index in [1.807, 2.05) is 73.7 Å². The highest BCUT2D eigenvalue weighted by Crippen LogP contribution is 2.20. The van der Waals surface area contributed by atoms with Crippen LogP contribution in [0, 0.1) is 6.92 Å². The van der Waals surface area contributed by atoms with Gasteiger partial charge in [0.05, 0.1) is 5.75 Å². The highest BCUT2D eigenvalue weighted by molar-refractivity contribution is 9.10. The van der Waals surface area contributed by atoms with Crippen LogP contribution in [-0.2, 0) is 28.3 Å². The predicted molar refractivity (Wildman–Crippen MR) is 145 cm³/mol. The molecule has 0 radical (unpaired) electrons. The minimum atomic E-state index is -0.586. The zero-order valence-corrected chi connectivity index (χ0v) is 22.1. The molecule has 3 aromatic carbocycles. The normalized spacial score (nSPS) is 11.6. The molecule has 1 N–H and O–H groups in total. The molecule has 178 valence electrons. The fraction of sp³-hybridized carbons (Fsp3) is 0.286. The fourth-order valence-electron chi connectivity index (χ4n) is 3.74. The summed E-state index contributed by atoms with van der Waals surface area (Å²) in [7, 11) is 0. The number of carbonyl (C=O) groups excluding carboxylic acids is 2. The van der Waals surface area contributed by atoms with Crippen LogP contribution < -0.4 is 5.32 Å². The van der Waals surface area contributed by atoms with Gasteiger partial charge in [-0.3, -0.25) is 9.59 Å². The van der Waals surface area contributed by atoms with Crippen molar-refractivity contribution in [2.24, 2.45) is 0 Å². The van der Waals surface area contributed by atoms with E-state index in [0.717, 1.165) is 21.4 Å². The number of nitrogens with one attached hydrogen (secondary N) is 1. The van der Waals surface area contributed by atoms with E-state index in [1.54, 1.807) is 16.7 Å². The maximum absolute atomic E-state index is 13.5. The summed E-state index contributed by atoms with van der Waals surface area (Å²) < 4.78 is 0.979. The van der Waals surface area contributed by atoms with Gasteiger partial charge in [0.15, 0.2) is 0 Å². The van der Waals surface area contributed by atoms with Crippen molar-refractivity contribution in [3.8, 4) is 0 Å². The zero-order valence-electron chi connectivity index (χ0n) is 19.7. The molecule has 0 spiro atoms. The van der Waals surface area contributed by atoms with Crippen molar-refractivity contribution in [2.45, 2.75) is 38.6 Å². The number of rotatable bonds is 11. The van der Waals surface area contributed by atoms with E-state index in [0.29, 0.717) is 25.3 Å². The topological polar surface area (TPSA) is 49.4 Å². The first-order chi connectivity index (χ1) is 16.5. The molecule has 6 heteroatoms. The molecule has 0 bridgehead atoms. The number of amides is 2. The Hall–Kier alpha value is -2.57. The number of nitrogens with zero attached hydrogens (tertiary/aromatic N) is 1. The van der Waals surface area contributed by atoms with Crippen LogP contribution in [0.5, 0.6) is 0 Å². The van der Waals surface area contributed by atoms with Gasteiger partial charge in [-0.2, -0.15) is 0 Å². The van der Waals surface area contributed by atoms with Gasteiger partial charge in [-0.15, -0.1) is 11.8 Å². The third-order valence-corrected chi connectivity index (χ3v) is 7.13. The molecule has 1 atom stereocenters. The van der Waals surface area contributed by atoms with Gasteiger partial charge in [0.2, 0.25) is 11.8 Å². The molecule has 4 nitrogen and oxygen atoms in total. The Labute approximate surface area is 215 Å². The molecule has 0 saturated heterocycles. The van der Waals surface area contributed by atoms with Crippen molar-refractivity contribution in [1.29, 1.82) is 0 Å². The minimum Gasteiger partial charge on any atom is -0.355 e. The number of hydrogen-bond acceptors (Lipinski definition) is 3. The Kier molecular flexibility index (Phi) is 10.2. The lowest BCUT2D eigenvalue weighted by atomic mass is 10.0. The SMILES string of the molecule is CCNC(=O)[C@H](Cc1ccccc1)N(Cc1ccc(Br)cc1)C(=O)CSCc1ccccc1C. The lowest BCUT2D eigenvalue weighted by Gasteiger charge is -2.31. The van der Waals surface area contributed by atoms with Gasteiger partial charge in [0, 0.05) is 29.7 Å². The van der Waals surface area contributed by atoms with Crippen LogP contribution in [0.4, 0.5) is 0 Å². The lowest BCUT2D eigenvalue weighted by Crippen LogP contribution is -2.51. The Morgan fingerprint density at radius 2 is 1.62 bits per heavy atom. The van der Waals surface area contributed by atoms with Gasteiger partial charge in [0.1, 0.15) is 6.04 Å². The molecule has 0 saturated carbocycles. The number of aryl methyl sites for hydroxylation is 1. The van der Waals surface area contributed by atoms with Crippen LogP contribution in [0.3, 0.4) is 0 Å². The fourth-order valence-corrected chi connectivity index (χ4v) is 4.99. The molecule has 0 aliphatic carbocycles. The Balaban J connectivity index is 1.82. The second-order valence-electron chi connectivity index (χ2n) is 8.17. The largest absolute Gasteiger partial charge is 0.355 e. The van der Waals surface area contributed by atoms with Crippen LogP contribution in [0.25, 0.3) is 0 Å². The highest BCUT2D eigenvalue weighted by atomic mass is 79.9. The number of benzene rings is 3. The quantitative estimate of drug-likeness (QED) is 0.337. The minimum absolute atomic E-state index is 0.0336. The Bertz CT molecular complexity index is 1070. The molecule has 0 heterocycles. The summed E-state index contributed by atoms with van der Waals surface area (Å²) in [5.74, 6) is 0.916. The predicted octanol–water partition coefficient (Wildman–Crippen LogP) is 5.77. The average molecular weight is 540 g/mol. The summed E-state index contributed by atoms with van der Waals surface area (Å²) in [4.78, 5) is 28.4. The van der Waals surface area contributed by atoms with E-state index >= 15 is 0 Å². The molecule has 3 rings (SSSR count). The van der Waals surface area contributed by atoms with Gasteiger partial charge in [0.25, 0.3) is 0 Å². The summed E-state index contributed by atoms with van der Waals surface area (Å²) in [6, 6.07) is 25.4. The van der Waals surface area contributed by atoms with Crippen molar-refractivity contribution in [2.75, 3.05) is 12.3 Å². The summed E-state index contributed by atoms with van der Waals surface area (Å²) in [5.41, 5.74) is 4.46. The maximum Gasteiger partial charge on any atom is 0.243 e. The van der Waals surface area contributed by atoms with E-state index in [9.17, 15) is 9.59 Å². The van der Waals surface area contributed by atoms with Gasteiger partial charge in [-0.1, -0.05) is 82.7 Å². The van der Waals surface area contributed by atoms with E-state index in [1.165, 1.54) is 11.1 Å². The van der Waals surface area contributed by atoms with Crippen molar-refractivity contribution >= 4 is 39.5 Å². The van der Waals surface area contributed by atoms with E-state index in [4.69, 9.17) is 0 Å². The number of thioether (sulfide) groups is 1. The van der Waals surface area contributed by atoms with Gasteiger partial charge >= 0.3 is 0 Å². The monoisotopic (exact) mass is 538 g/mol. The molecule has 3 aromatic rings. The average Bonchev–Trinajstić information content (AvgIpc) is 2.84. The lowest BCUT2D eigenvalue weighted by molar-refractivity contribution is -0.139. The van der Waals surface area contributed by atoms with Crippen molar-refractivity contribution in [1.82, 2.24) is 10.2 Å². The van der Waals surface area contributed by atoms with Gasteiger partial charge in [-0.05, 0) is 48.2 Å². The van der Waals surface area contributed by atoms with Crippen LogP contribution in [-0.4, -0.2) is 35.1 Å². The first-order valence-corrected chi connectivity index (χ1v) is 13.4. The molecule has 0 fully saturated rings. The third kappa shape index (κ3) is 7.74. The van der Waals surface area contributed by atoms with Gasteiger partial charge < -0.3 is 10.2 Å². The van der Waals surface area contributed by atoms with Crippen molar-refractivity contribution < 1.29 is 9.59 Å². The summed E-state index contributed by atoms with van der Waals surface area (Å²) in [6.07, 6.45) is 0.470. The Morgan fingerprint density at radius 3 is 2.29 bits per heavy atom. The Morgan fingerprint density at radius 1 is 0.941 bits per heavy atom. The summed E-state index contributed by atoms with van der Waals surface area (Å²) in [6.45, 7) is 4.89. The summed E-state index contributed by atoms with van der Waals surface area (Å²) in [5, 5.41) is 2.94. The molecule has 0 unspecified atom stereocenters. The number of halogens is 1. The van der Waals surface area contributed by atoms with E-state index < -0.39 is 6.04 Å². The van der Waals surface area contributed by atoms with Gasteiger partial charge in [-0.25, -0.2) is 0 Å². The van der Waals surface area contributed by atoms with Crippen LogP contribution in [0.15, 0.2) is 83.3 Å². The molecular formula is C28H31BrN2O2S. The number of carbonyl (C=O) groups is 2.